The second kappa shape index (κ2) is 7.47. The van der Waals surface area contributed by atoms with Crippen LogP contribution in [-0.2, 0) is 4.79 Å². The Morgan fingerprint density at radius 2 is 2.00 bits per heavy atom. The third-order valence-electron chi connectivity index (χ3n) is 3.83. The van der Waals surface area contributed by atoms with Crippen LogP contribution in [-0.4, -0.2) is 56.7 Å². The topological polar surface area (TPSA) is 62.8 Å². The van der Waals surface area contributed by atoms with Gasteiger partial charge >= 0.3 is 0 Å². The van der Waals surface area contributed by atoms with Gasteiger partial charge in [-0.25, -0.2) is 0 Å². The summed E-state index contributed by atoms with van der Waals surface area (Å²) >= 11 is 0. The van der Waals surface area contributed by atoms with Crippen LogP contribution in [0.5, 0.6) is 11.5 Å². The predicted octanol–water partition coefficient (Wildman–Crippen LogP) is 1.08. The fourth-order valence-electron chi connectivity index (χ4n) is 2.70. The van der Waals surface area contributed by atoms with Crippen LogP contribution >= 0.6 is 0 Å². The second-order valence-corrected chi connectivity index (χ2v) is 5.64. The fraction of sp³-hybridized carbons (Fsp3) is 0.562. The van der Waals surface area contributed by atoms with Crippen LogP contribution in [0.3, 0.4) is 0 Å². The highest BCUT2D eigenvalue weighted by molar-refractivity contribution is 5.92. The minimum Gasteiger partial charge on any atom is -0.490 e. The Morgan fingerprint density at radius 3 is 2.91 bits per heavy atom. The van der Waals surface area contributed by atoms with Crippen LogP contribution in [0.4, 0.5) is 5.69 Å². The van der Waals surface area contributed by atoms with Gasteiger partial charge in [0.15, 0.2) is 11.5 Å². The molecule has 3 rings (SSSR count). The van der Waals surface area contributed by atoms with Crippen molar-refractivity contribution in [3.05, 3.63) is 18.2 Å². The van der Waals surface area contributed by atoms with Crippen molar-refractivity contribution in [3.63, 3.8) is 0 Å². The highest BCUT2D eigenvalue weighted by atomic mass is 16.5. The Bertz CT molecular complexity index is 513. The van der Waals surface area contributed by atoms with E-state index >= 15 is 0 Å². The summed E-state index contributed by atoms with van der Waals surface area (Å²) in [6, 6.07) is 5.55. The van der Waals surface area contributed by atoms with E-state index in [9.17, 15) is 4.79 Å². The molecule has 1 fully saturated rings. The molecule has 1 amide bonds. The minimum absolute atomic E-state index is 0.0105. The molecule has 1 aromatic carbocycles. The first-order chi connectivity index (χ1) is 10.8. The fourth-order valence-corrected chi connectivity index (χ4v) is 2.70. The molecule has 1 aromatic rings. The van der Waals surface area contributed by atoms with E-state index in [0.717, 1.165) is 50.5 Å². The summed E-state index contributed by atoms with van der Waals surface area (Å²) in [5.41, 5.74) is 0.752. The van der Waals surface area contributed by atoms with Gasteiger partial charge in [-0.3, -0.25) is 9.69 Å². The molecular formula is C16H23N3O3. The van der Waals surface area contributed by atoms with Gasteiger partial charge in [-0.15, -0.1) is 0 Å². The molecule has 2 heterocycles. The molecular weight excluding hydrogens is 282 g/mol. The maximum Gasteiger partial charge on any atom is 0.238 e. The number of ether oxygens (including phenoxy) is 2. The number of rotatable bonds is 3. The van der Waals surface area contributed by atoms with E-state index in [1.165, 1.54) is 0 Å². The van der Waals surface area contributed by atoms with E-state index in [1.54, 1.807) is 0 Å². The quantitative estimate of drug-likeness (QED) is 0.875. The molecule has 2 aliphatic heterocycles. The van der Waals surface area contributed by atoms with Crippen molar-refractivity contribution in [1.29, 1.82) is 0 Å². The lowest BCUT2D eigenvalue weighted by Crippen LogP contribution is -2.35. The summed E-state index contributed by atoms with van der Waals surface area (Å²) in [6.07, 6.45) is 1.96. The Hall–Kier alpha value is -1.79. The molecule has 2 aliphatic rings. The molecule has 0 unspecified atom stereocenters. The van der Waals surface area contributed by atoms with Crippen LogP contribution in [0.2, 0.25) is 0 Å². The van der Waals surface area contributed by atoms with Crippen LogP contribution < -0.4 is 20.1 Å². The molecule has 22 heavy (non-hydrogen) atoms. The van der Waals surface area contributed by atoms with Crippen molar-refractivity contribution < 1.29 is 14.3 Å². The molecule has 0 aliphatic carbocycles. The largest absolute Gasteiger partial charge is 0.490 e. The molecule has 1 saturated heterocycles. The maximum absolute atomic E-state index is 12.2. The average molecular weight is 305 g/mol. The smallest absolute Gasteiger partial charge is 0.238 e. The third-order valence-corrected chi connectivity index (χ3v) is 3.83. The predicted molar refractivity (Wildman–Crippen MR) is 84.6 cm³/mol. The standard InChI is InChI=1S/C16H23N3O3/c20-16(12-19-7-1-5-17-6-8-19)18-13-3-4-14-15(11-13)22-10-2-9-21-14/h3-4,11,17H,1-2,5-10,12H2,(H,18,20). The van der Waals surface area contributed by atoms with Crippen LogP contribution in [0.25, 0.3) is 0 Å². The van der Waals surface area contributed by atoms with Gasteiger partial charge in [-0.2, -0.15) is 0 Å². The molecule has 0 spiro atoms. The third kappa shape index (κ3) is 4.11. The van der Waals surface area contributed by atoms with Gasteiger partial charge in [0.2, 0.25) is 5.91 Å². The van der Waals surface area contributed by atoms with Crippen molar-refractivity contribution in [1.82, 2.24) is 10.2 Å². The van der Waals surface area contributed by atoms with E-state index < -0.39 is 0 Å². The molecule has 0 saturated carbocycles. The maximum atomic E-state index is 12.2. The minimum atomic E-state index is 0.0105. The summed E-state index contributed by atoms with van der Waals surface area (Å²) in [6.45, 7) is 5.58. The van der Waals surface area contributed by atoms with E-state index in [-0.39, 0.29) is 5.91 Å². The number of anilines is 1. The van der Waals surface area contributed by atoms with E-state index in [1.807, 2.05) is 18.2 Å². The summed E-state index contributed by atoms with van der Waals surface area (Å²) < 4.78 is 11.2. The Labute approximate surface area is 130 Å². The Morgan fingerprint density at radius 1 is 1.14 bits per heavy atom. The number of nitrogens with zero attached hydrogens (tertiary/aromatic N) is 1. The lowest BCUT2D eigenvalue weighted by atomic mass is 10.2. The number of carbonyl (C=O) groups is 1. The first-order valence-corrected chi connectivity index (χ1v) is 7.94. The molecule has 0 bridgehead atoms. The summed E-state index contributed by atoms with van der Waals surface area (Å²) in [5, 5.41) is 6.28. The SMILES string of the molecule is O=C(CN1CCCNCC1)Nc1ccc2c(c1)OCCCO2. The average Bonchev–Trinajstić information content (AvgIpc) is 2.89. The van der Waals surface area contributed by atoms with Gasteiger partial charge in [-0.1, -0.05) is 0 Å². The molecule has 120 valence electrons. The van der Waals surface area contributed by atoms with Crippen molar-refractivity contribution in [2.24, 2.45) is 0 Å². The van der Waals surface area contributed by atoms with Crippen LogP contribution in [0.1, 0.15) is 12.8 Å². The Balaban J connectivity index is 1.57. The zero-order valence-electron chi connectivity index (χ0n) is 12.8. The Kier molecular flexibility index (Phi) is 5.13. The monoisotopic (exact) mass is 305 g/mol. The van der Waals surface area contributed by atoms with Crippen LogP contribution in [0, 0.1) is 0 Å². The van der Waals surface area contributed by atoms with Crippen molar-refractivity contribution in [2.45, 2.75) is 12.8 Å². The molecule has 6 heteroatoms. The number of amides is 1. The zero-order valence-corrected chi connectivity index (χ0v) is 12.8. The zero-order chi connectivity index (χ0) is 15.2. The van der Waals surface area contributed by atoms with Gasteiger partial charge < -0.3 is 20.1 Å². The van der Waals surface area contributed by atoms with Crippen molar-refractivity contribution in [2.75, 3.05) is 51.3 Å². The van der Waals surface area contributed by atoms with Gasteiger partial charge in [-0.05, 0) is 31.6 Å². The molecule has 0 radical (unpaired) electrons. The first kappa shape index (κ1) is 15.1. The lowest BCUT2D eigenvalue weighted by Gasteiger charge is -2.19. The summed E-state index contributed by atoms with van der Waals surface area (Å²) in [4.78, 5) is 14.4. The van der Waals surface area contributed by atoms with Gasteiger partial charge in [0, 0.05) is 31.3 Å². The van der Waals surface area contributed by atoms with Crippen LogP contribution in [0.15, 0.2) is 18.2 Å². The van der Waals surface area contributed by atoms with Crippen molar-refractivity contribution in [3.8, 4) is 11.5 Å². The van der Waals surface area contributed by atoms with Gasteiger partial charge in [0.1, 0.15) is 0 Å². The summed E-state index contributed by atoms with van der Waals surface area (Å²) in [7, 11) is 0. The highest BCUT2D eigenvalue weighted by Gasteiger charge is 2.15. The van der Waals surface area contributed by atoms with Gasteiger partial charge in [0.25, 0.3) is 0 Å². The highest BCUT2D eigenvalue weighted by Crippen LogP contribution is 2.32. The van der Waals surface area contributed by atoms with Gasteiger partial charge in [0.05, 0.1) is 19.8 Å². The molecule has 0 aromatic heterocycles. The van der Waals surface area contributed by atoms with E-state index in [4.69, 9.17) is 9.47 Å². The number of hydrogen-bond donors (Lipinski definition) is 2. The lowest BCUT2D eigenvalue weighted by molar-refractivity contribution is -0.117. The number of carbonyl (C=O) groups excluding carboxylic acids is 1. The first-order valence-electron chi connectivity index (χ1n) is 7.94. The molecule has 2 N–H and O–H groups in total. The number of benzene rings is 1. The number of nitrogens with one attached hydrogen (secondary N) is 2. The normalized spacial score (nSPS) is 19.1. The summed E-state index contributed by atoms with van der Waals surface area (Å²) in [5.74, 6) is 1.46. The van der Waals surface area contributed by atoms with Crippen molar-refractivity contribution >= 4 is 11.6 Å². The molecule has 6 nitrogen and oxygen atoms in total. The molecule has 0 atom stereocenters. The van der Waals surface area contributed by atoms with E-state index in [0.29, 0.717) is 25.5 Å². The van der Waals surface area contributed by atoms with E-state index in [2.05, 4.69) is 15.5 Å². The number of fused-ring (bicyclic) bond motifs is 1. The number of hydrogen-bond acceptors (Lipinski definition) is 5. The second-order valence-electron chi connectivity index (χ2n) is 5.64.